The highest BCUT2D eigenvalue weighted by Crippen LogP contribution is 2.25. The number of carbonyl (C=O) groups is 1. The van der Waals surface area contributed by atoms with E-state index in [-0.39, 0.29) is 5.91 Å². The molecule has 1 amide bonds. The zero-order chi connectivity index (χ0) is 14.4. The Hall–Kier alpha value is -1.95. The van der Waals surface area contributed by atoms with Crippen molar-refractivity contribution >= 4 is 17.7 Å². The molecule has 0 bridgehead atoms. The van der Waals surface area contributed by atoms with E-state index >= 15 is 0 Å². The first-order valence-corrected chi connectivity index (χ1v) is 6.75. The summed E-state index contributed by atoms with van der Waals surface area (Å²) in [5.41, 5.74) is 1.39. The monoisotopic (exact) mass is 294 g/mol. The Bertz CT molecular complexity index is 561. The van der Waals surface area contributed by atoms with E-state index < -0.39 is 5.76 Å². The van der Waals surface area contributed by atoms with Crippen LogP contribution in [0.2, 0.25) is 0 Å². The van der Waals surface area contributed by atoms with E-state index in [4.69, 9.17) is 0 Å². The van der Waals surface area contributed by atoms with Crippen LogP contribution < -0.4 is 5.32 Å². The summed E-state index contributed by atoms with van der Waals surface area (Å²) < 4.78 is 24.3. The lowest BCUT2D eigenvalue weighted by Crippen LogP contribution is -2.22. The number of alkyl halides is 2. The summed E-state index contributed by atoms with van der Waals surface area (Å²) in [5.74, 6) is -2.70. The molecule has 1 heterocycles. The van der Waals surface area contributed by atoms with Gasteiger partial charge in [0.1, 0.15) is 0 Å². The molecule has 2 rings (SSSR count). The maximum Gasteiger partial charge on any atom is 0.288 e. The number of amides is 1. The number of rotatable bonds is 5. The summed E-state index contributed by atoms with van der Waals surface area (Å²) in [6.07, 6.45) is 3.30. The lowest BCUT2D eigenvalue weighted by molar-refractivity contribution is 0.0951. The molecule has 20 heavy (non-hydrogen) atoms. The molecule has 0 unspecified atom stereocenters. The van der Waals surface area contributed by atoms with Crippen LogP contribution in [-0.2, 0) is 6.54 Å². The number of pyridine rings is 1. The van der Waals surface area contributed by atoms with E-state index in [0.717, 1.165) is 5.56 Å². The summed E-state index contributed by atoms with van der Waals surface area (Å²) in [7, 11) is 0. The molecule has 6 heteroatoms. The Morgan fingerprint density at radius 2 is 1.80 bits per heavy atom. The minimum atomic E-state index is -2.46. The van der Waals surface area contributed by atoms with E-state index in [0.29, 0.717) is 28.8 Å². The van der Waals surface area contributed by atoms with Crippen LogP contribution >= 0.6 is 11.8 Å². The van der Waals surface area contributed by atoms with Crippen molar-refractivity contribution in [1.29, 1.82) is 0 Å². The van der Waals surface area contributed by atoms with Gasteiger partial charge in [-0.15, -0.1) is 0 Å². The van der Waals surface area contributed by atoms with Gasteiger partial charge in [0.15, 0.2) is 0 Å². The largest absolute Gasteiger partial charge is 0.348 e. The molecule has 0 saturated carbocycles. The molecule has 0 aliphatic carbocycles. The van der Waals surface area contributed by atoms with Crippen molar-refractivity contribution < 1.29 is 13.6 Å². The van der Waals surface area contributed by atoms with Crippen molar-refractivity contribution in [1.82, 2.24) is 10.3 Å². The second kappa shape index (κ2) is 7.00. The van der Waals surface area contributed by atoms with Gasteiger partial charge in [-0.2, -0.15) is 8.78 Å². The van der Waals surface area contributed by atoms with Crippen molar-refractivity contribution in [2.45, 2.75) is 17.2 Å². The van der Waals surface area contributed by atoms with Gasteiger partial charge in [0.25, 0.3) is 11.7 Å². The molecule has 1 N–H and O–H groups in total. The maximum atomic E-state index is 12.2. The molecule has 0 atom stereocenters. The number of halogens is 2. The molecular weight excluding hydrogens is 282 g/mol. The first-order chi connectivity index (χ1) is 9.65. The van der Waals surface area contributed by atoms with Gasteiger partial charge >= 0.3 is 0 Å². The van der Waals surface area contributed by atoms with E-state index in [1.54, 1.807) is 12.4 Å². The fourth-order valence-electron chi connectivity index (χ4n) is 1.57. The molecule has 1 aromatic carbocycles. The van der Waals surface area contributed by atoms with Gasteiger partial charge in [-0.25, -0.2) is 0 Å². The highest BCUT2D eigenvalue weighted by molar-refractivity contribution is 7.99. The molecule has 0 aliphatic rings. The zero-order valence-electron chi connectivity index (χ0n) is 10.4. The van der Waals surface area contributed by atoms with Crippen LogP contribution in [0.1, 0.15) is 15.9 Å². The van der Waals surface area contributed by atoms with Gasteiger partial charge in [-0.05, 0) is 42.0 Å². The number of carbonyl (C=O) groups excluding carboxylic acids is 1. The number of benzene rings is 1. The van der Waals surface area contributed by atoms with Gasteiger partial charge < -0.3 is 5.32 Å². The van der Waals surface area contributed by atoms with Gasteiger partial charge in [0.05, 0.1) is 0 Å². The maximum absolute atomic E-state index is 12.2. The van der Waals surface area contributed by atoms with E-state index in [1.165, 1.54) is 24.3 Å². The molecular formula is C14H12F2N2OS. The Labute approximate surface area is 119 Å². The third-order valence-electron chi connectivity index (χ3n) is 2.54. The van der Waals surface area contributed by atoms with Crippen molar-refractivity contribution in [3.8, 4) is 0 Å². The average molecular weight is 294 g/mol. The van der Waals surface area contributed by atoms with Gasteiger partial charge in [-0.3, -0.25) is 9.78 Å². The van der Waals surface area contributed by atoms with Crippen LogP contribution in [0, 0.1) is 0 Å². The van der Waals surface area contributed by atoms with Crippen LogP contribution in [0.15, 0.2) is 53.7 Å². The average Bonchev–Trinajstić information content (AvgIpc) is 2.46. The number of thioether (sulfide) groups is 1. The Morgan fingerprint density at radius 3 is 2.40 bits per heavy atom. The minimum Gasteiger partial charge on any atom is -0.348 e. The van der Waals surface area contributed by atoms with E-state index in [2.05, 4.69) is 10.3 Å². The fourth-order valence-corrected chi connectivity index (χ4v) is 2.07. The zero-order valence-corrected chi connectivity index (χ0v) is 11.2. The predicted molar refractivity (Wildman–Crippen MR) is 73.7 cm³/mol. The van der Waals surface area contributed by atoms with Gasteiger partial charge in [0.2, 0.25) is 0 Å². The van der Waals surface area contributed by atoms with Crippen LogP contribution in [0.5, 0.6) is 0 Å². The number of aromatic nitrogens is 1. The third kappa shape index (κ3) is 4.31. The van der Waals surface area contributed by atoms with E-state index in [9.17, 15) is 13.6 Å². The predicted octanol–water partition coefficient (Wildman–Crippen LogP) is 3.33. The Morgan fingerprint density at radius 1 is 1.15 bits per heavy atom. The lowest BCUT2D eigenvalue weighted by atomic mass is 10.2. The van der Waals surface area contributed by atoms with Crippen molar-refractivity contribution in [2.24, 2.45) is 0 Å². The standard InChI is InChI=1S/C14H12F2N2OS/c15-14(16)20-12-3-1-11(2-4-12)13(19)18-9-10-5-7-17-8-6-10/h1-8,14H,9H2,(H,18,19). The molecule has 0 saturated heterocycles. The van der Waals surface area contributed by atoms with Crippen molar-refractivity contribution in [3.63, 3.8) is 0 Å². The second-order valence-electron chi connectivity index (χ2n) is 3.94. The molecule has 104 valence electrons. The highest BCUT2D eigenvalue weighted by Gasteiger charge is 2.08. The molecule has 3 nitrogen and oxygen atoms in total. The summed E-state index contributed by atoms with van der Waals surface area (Å²) in [6.45, 7) is 0.398. The minimum absolute atomic E-state index is 0.240. The van der Waals surface area contributed by atoms with Crippen LogP contribution in [0.3, 0.4) is 0 Å². The number of nitrogens with one attached hydrogen (secondary N) is 1. The molecule has 2 aromatic rings. The molecule has 0 aliphatic heterocycles. The van der Waals surface area contributed by atoms with Gasteiger partial charge in [-0.1, -0.05) is 11.8 Å². The van der Waals surface area contributed by atoms with Crippen molar-refractivity contribution in [3.05, 3.63) is 59.9 Å². The van der Waals surface area contributed by atoms with Gasteiger partial charge in [0, 0.05) is 29.4 Å². The van der Waals surface area contributed by atoms with E-state index in [1.807, 2.05) is 12.1 Å². The van der Waals surface area contributed by atoms with Crippen LogP contribution in [0.25, 0.3) is 0 Å². The lowest BCUT2D eigenvalue weighted by Gasteiger charge is -2.06. The number of nitrogens with zero attached hydrogens (tertiary/aromatic N) is 1. The quantitative estimate of drug-likeness (QED) is 0.860. The summed E-state index contributed by atoms with van der Waals surface area (Å²) in [6, 6.07) is 9.71. The van der Waals surface area contributed by atoms with Crippen LogP contribution in [-0.4, -0.2) is 16.6 Å². The number of hydrogen-bond donors (Lipinski definition) is 1. The normalized spacial score (nSPS) is 10.6. The first kappa shape index (κ1) is 14.5. The summed E-state index contributed by atoms with van der Waals surface area (Å²) >= 11 is 0.457. The molecule has 0 radical (unpaired) electrons. The molecule has 0 fully saturated rings. The molecule has 1 aromatic heterocycles. The SMILES string of the molecule is O=C(NCc1ccncc1)c1ccc(SC(F)F)cc1. The number of hydrogen-bond acceptors (Lipinski definition) is 3. The summed E-state index contributed by atoms with van der Waals surface area (Å²) in [5, 5.41) is 2.75. The van der Waals surface area contributed by atoms with Crippen molar-refractivity contribution in [2.75, 3.05) is 0 Å². The molecule has 0 spiro atoms. The Balaban J connectivity index is 1.92. The third-order valence-corrected chi connectivity index (χ3v) is 3.27. The Kier molecular flexibility index (Phi) is 5.06. The fraction of sp³-hybridized carbons (Fsp3) is 0.143. The second-order valence-corrected chi connectivity index (χ2v) is 5.00. The topological polar surface area (TPSA) is 42.0 Å². The van der Waals surface area contributed by atoms with Crippen LogP contribution in [0.4, 0.5) is 8.78 Å². The smallest absolute Gasteiger partial charge is 0.288 e. The summed E-state index contributed by atoms with van der Waals surface area (Å²) in [4.78, 5) is 16.2. The highest BCUT2D eigenvalue weighted by atomic mass is 32.2. The first-order valence-electron chi connectivity index (χ1n) is 5.87.